The van der Waals surface area contributed by atoms with Gasteiger partial charge in [0.1, 0.15) is 11.5 Å². The van der Waals surface area contributed by atoms with Crippen molar-refractivity contribution in [3.05, 3.63) is 29.6 Å². The van der Waals surface area contributed by atoms with E-state index in [-0.39, 0.29) is 13.2 Å². The first-order valence-corrected chi connectivity index (χ1v) is 6.39. The van der Waals surface area contributed by atoms with Crippen molar-refractivity contribution in [3.8, 4) is 0 Å². The van der Waals surface area contributed by atoms with E-state index in [4.69, 9.17) is 4.74 Å². The molecule has 0 atom stereocenters. The molecule has 0 aliphatic rings. The van der Waals surface area contributed by atoms with Gasteiger partial charge in [-0.3, -0.25) is 0 Å². The highest BCUT2D eigenvalue weighted by Crippen LogP contribution is 2.22. The molecule has 2 aromatic rings. The molecule has 0 fully saturated rings. The first-order valence-electron chi connectivity index (χ1n) is 6.39. The van der Waals surface area contributed by atoms with Crippen LogP contribution in [0.15, 0.2) is 12.4 Å². The lowest BCUT2D eigenvalue weighted by atomic mass is 10.3. The van der Waals surface area contributed by atoms with Gasteiger partial charge >= 0.3 is 5.97 Å². The summed E-state index contributed by atoms with van der Waals surface area (Å²) >= 11 is 0. The minimum Gasteiger partial charge on any atom is -0.461 e. The molecule has 0 aromatic carbocycles. The fraction of sp³-hybridized carbons (Fsp3) is 0.500. The molecule has 0 saturated heterocycles. The number of aromatic nitrogens is 5. The van der Waals surface area contributed by atoms with Gasteiger partial charge in [-0.2, -0.15) is 0 Å². The second-order valence-electron chi connectivity index (χ2n) is 4.27. The molecule has 2 rings (SSSR count). The van der Waals surface area contributed by atoms with Crippen molar-refractivity contribution in [2.24, 2.45) is 7.05 Å². The zero-order valence-electron chi connectivity index (χ0n) is 11.7. The van der Waals surface area contributed by atoms with Crippen LogP contribution in [0.2, 0.25) is 0 Å². The Morgan fingerprint density at radius 2 is 2.24 bits per heavy atom. The third-order valence-electron chi connectivity index (χ3n) is 2.92. The fourth-order valence-electron chi connectivity index (χ4n) is 1.89. The summed E-state index contributed by atoms with van der Waals surface area (Å²) in [4.78, 5) is 15.7. The third-order valence-corrected chi connectivity index (χ3v) is 2.92. The van der Waals surface area contributed by atoms with Crippen LogP contribution < -0.4 is 0 Å². The number of hydrogen-bond acceptors (Lipinski definition) is 5. The number of halogens is 2. The maximum atomic E-state index is 13.1. The maximum absolute atomic E-state index is 13.1. The Hall–Kier alpha value is -2.32. The number of rotatable bonds is 6. The number of aryl methyl sites for hydroxylation is 3. The average Bonchev–Trinajstić information content (AvgIpc) is 3.02. The maximum Gasteiger partial charge on any atom is 0.361 e. The zero-order chi connectivity index (χ0) is 15.4. The molecule has 0 aliphatic heterocycles. The van der Waals surface area contributed by atoms with Crippen LogP contribution in [0, 0.1) is 0 Å². The lowest BCUT2D eigenvalue weighted by molar-refractivity contribution is 0.0506. The Bertz CT molecular complexity index is 623. The van der Waals surface area contributed by atoms with Crippen LogP contribution in [0.5, 0.6) is 0 Å². The van der Waals surface area contributed by atoms with E-state index in [0.717, 1.165) is 10.5 Å². The number of ether oxygens (including phenoxy) is 1. The normalized spacial score (nSPS) is 11.1. The third kappa shape index (κ3) is 3.23. The van der Waals surface area contributed by atoms with E-state index in [9.17, 15) is 13.6 Å². The van der Waals surface area contributed by atoms with E-state index in [1.807, 2.05) is 7.05 Å². The number of hydrogen-bond donors (Lipinski definition) is 0. The van der Waals surface area contributed by atoms with Gasteiger partial charge in [-0.05, 0) is 6.92 Å². The van der Waals surface area contributed by atoms with Gasteiger partial charge in [-0.15, -0.1) is 5.10 Å². The van der Waals surface area contributed by atoms with Crippen molar-refractivity contribution in [1.29, 1.82) is 0 Å². The summed E-state index contributed by atoms with van der Waals surface area (Å²) in [6.45, 7) is 1.82. The average molecular weight is 299 g/mol. The highest BCUT2D eigenvalue weighted by Gasteiger charge is 2.27. The molecule has 0 aliphatic carbocycles. The van der Waals surface area contributed by atoms with Crippen molar-refractivity contribution >= 4 is 5.97 Å². The van der Waals surface area contributed by atoms with Gasteiger partial charge in [0.05, 0.1) is 13.2 Å². The summed E-state index contributed by atoms with van der Waals surface area (Å²) in [5.74, 6) is -0.167. The summed E-state index contributed by atoms with van der Waals surface area (Å²) in [7, 11) is 1.81. The fourth-order valence-corrected chi connectivity index (χ4v) is 1.89. The van der Waals surface area contributed by atoms with Crippen LogP contribution in [-0.2, 0) is 24.8 Å². The summed E-state index contributed by atoms with van der Waals surface area (Å²) in [6, 6.07) is 0. The highest BCUT2D eigenvalue weighted by atomic mass is 19.3. The number of carbonyl (C=O) groups is 1. The van der Waals surface area contributed by atoms with Gasteiger partial charge in [0.15, 0.2) is 5.69 Å². The van der Waals surface area contributed by atoms with Crippen molar-refractivity contribution in [3.63, 3.8) is 0 Å². The Kier molecular flexibility index (Phi) is 4.61. The predicted molar refractivity (Wildman–Crippen MR) is 67.8 cm³/mol. The minimum atomic E-state index is -2.86. The van der Waals surface area contributed by atoms with Gasteiger partial charge in [-0.1, -0.05) is 5.21 Å². The van der Waals surface area contributed by atoms with Gasteiger partial charge < -0.3 is 9.30 Å². The molecule has 21 heavy (non-hydrogen) atoms. The molecule has 0 unspecified atom stereocenters. The van der Waals surface area contributed by atoms with E-state index in [1.54, 1.807) is 23.9 Å². The Balaban J connectivity index is 2.19. The quantitative estimate of drug-likeness (QED) is 0.753. The highest BCUT2D eigenvalue weighted by molar-refractivity contribution is 5.88. The molecule has 0 bridgehead atoms. The van der Waals surface area contributed by atoms with Gasteiger partial charge in [0.2, 0.25) is 0 Å². The Labute approximate surface area is 119 Å². The van der Waals surface area contributed by atoms with Crippen LogP contribution in [0.1, 0.15) is 35.4 Å². The summed E-state index contributed by atoms with van der Waals surface area (Å²) in [5, 5.41) is 7.13. The van der Waals surface area contributed by atoms with Crippen molar-refractivity contribution in [2.75, 3.05) is 6.61 Å². The van der Waals surface area contributed by atoms with Gasteiger partial charge in [-0.25, -0.2) is 23.2 Å². The molecular weight excluding hydrogens is 284 g/mol. The predicted octanol–water partition coefficient (Wildman–Crippen LogP) is 1.37. The second kappa shape index (κ2) is 6.42. The first-order chi connectivity index (χ1) is 10.0. The topological polar surface area (TPSA) is 74.8 Å². The molecule has 2 heterocycles. The number of carbonyl (C=O) groups excluding carboxylic acids is 1. The molecule has 0 amide bonds. The molecular formula is C12H15F2N5O2. The zero-order valence-corrected chi connectivity index (χ0v) is 11.7. The van der Waals surface area contributed by atoms with Crippen LogP contribution in [0.25, 0.3) is 0 Å². The second-order valence-corrected chi connectivity index (χ2v) is 4.27. The first kappa shape index (κ1) is 15.1. The summed E-state index contributed by atoms with van der Waals surface area (Å²) in [6.07, 6.45) is 0.916. The standard InChI is InChI=1S/C12H15F2N5O2/c1-3-21-12(20)9-10(11(13)14)19(17-16-9)6-4-8-15-5-7-18(8)2/h5,7,11H,3-4,6H2,1-2H3. The lowest BCUT2D eigenvalue weighted by Crippen LogP contribution is -2.13. The van der Waals surface area contributed by atoms with Gasteiger partial charge in [0, 0.05) is 25.9 Å². The van der Waals surface area contributed by atoms with Crippen LogP contribution in [0.4, 0.5) is 8.78 Å². The van der Waals surface area contributed by atoms with Crippen molar-refractivity contribution in [2.45, 2.75) is 26.3 Å². The molecule has 0 N–H and O–H groups in total. The van der Waals surface area contributed by atoms with E-state index in [0.29, 0.717) is 6.42 Å². The monoisotopic (exact) mass is 299 g/mol. The Morgan fingerprint density at radius 1 is 1.48 bits per heavy atom. The molecule has 0 radical (unpaired) electrons. The number of esters is 1. The molecule has 2 aromatic heterocycles. The number of alkyl halides is 2. The van der Waals surface area contributed by atoms with Gasteiger partial charge in [0.25, 0.3) is 6.43 Å². The summed E-state index contributed by atoms with van der Waals surface area (Å²) < 4.78 is 33.8. The van der Waals surface area contributed by atoms with Crippen LogP contribution in [-0.4, -0.2) is 37.1 Å². The molecule has 114 valence electrons. The number of nitrogens with zero attached hydrogens (tertiary/aromatic N) is 5. The van der Waals surface area contributed by atoms with Crippen molar-refractivity contribution in [1.82, 2.24) is 24.5 Å². The van der Waals surface area contributed by atoms with Crippen molar-refractivity contribution < 1.29 is 18.3 Å². The van der Waals surface area contributed by atoms with Crippen LogP contribution >= 0.6 is 0 Å². The number of imidazole rings is 1. The molecule has 0 saturated carbocycles. The minimum absolute atomic E-state index is 0.0850. The largest absolute Gasteiger partial charge is 0.461 e. The lowest BCUT2D eigenvalue weighted by Gasteiger charge is -2.07. The van der Waals surface area contributed by atoms with Crippen LogP contribution in [0.3, 0.4) is 0 Å². The van der Waals surface area contributed by atoms with E-state index >= 15 is 0 Å². The molecule has 7 nitrogen and oxygen atoms in total. The smallest absolute Gasteiger partial charge is 0.361 e. The van der Waals surface area contributed by atoms with E-state index < -0.39 is 23.8 Å². The molecule has 9 heteroatoms. The Morgan fingerprint density at radius 3 is 2.81 bits per heavy atom. The van der Waals surface area contributed by atoms with E-state index in [2.05, 4.69) is 15.3 Å². The molecule has 0 spiro atoms. The summed E-state index contributed by atoms with van der Waals surface area (Å²) in [5.41, 5.74) is -0.964. The SMILES string of the molecule is CCOC(=O)c1nnn(CCc2nccn2C)c1C(F)F. The van der Waals surface area contributed by atoms with E-state index in [1.165, 1.54) is 0 Å².